The fourth-order valence-electron chi connectivity index (χ4n) is 2.15. The highest BCUT2D eigenvalue weighted by Crippen LogP contribution is 2.26. The second-order valence-corrected chi connectivity index (χ2v) is 4.99. The van der Waals surface area contributed by atoms with Crippen molar-refractivity contribution in [2.24, 2.45) is 5.73 Å². The van der Waals surface area contributed by atoms with Gasteiger partial charge in [0.2, 0.25) is 0 Å². The van der Waals surface area contributed by atoms with Gasteiger partial charge in [0.15, 0.2) is 0 Å². The maximum absolute atomic E-state index is 5.80. The Kier molecular flexibility index (Phi) is 4.91. The Bertz CT molecular complexity index is 690. The molecule has 0 aliphatic carbocycles. The van der Waals surface area contributed by atoms with Crippen molar-refractivity contribution < 1.29 is 4.74 Å². The van der Waals surface area contributed by atoms with E-state index in [9.17, 15) is 0 Å². The van der Waals surface area contributed by atoms with Gasteiger partial charge in [0.1, 0.15) is 5.75 Å². The van der Waals surface area contributed by atoms with Gasteiger partial charge in [-0.05, 0) is 37.2 Å². The summed E-state index contributed by atoms with van der Waals surface area (Å²) >= 11 is 0. The molecule has 3 aromatic heterocycles. The molecule has 0 spiro atoms. The third-order valence-electron chi connectivity index (χ3n) is 3.27. The van der Waals surface area contributed by atoms with E-state index in [1.54, 1.807) is 12.4 Å². The van der Waals surface area contributed by atoms with E-state index in [2.05, 4.69) is 15.0 Å². The van der Waals surface area contributed by atoms with Gasteiger partial charge in [-0.2, -0.15) is 0 Å². The van der Waals surface area contributed by atoms with Gasteiger partial charge in [-0.25, -0.2) is 4.98 Å². The largest absolute Gasteiger partial charge is 0.493 e. The van der Waals surface area contributed by atoms with E-state index < -0.39 is 0 Å². The zero-order valence-electron chi connectivity index (χ0n) is 12.7. The molecule has 116 valence electrons. The van der Waals surface area contributed by atoms with Gasteiger partial charge in [0.05, 0.1) is 29.4 Å². The molecule has 0 unspecified atom stereocenters. The number of hydrogen-bond donors (Lipinski definition) is 1. The molecule has 0 aliphatic heterocycles. The van der Waals surface area contributed by atoms with E-state index in [1.807, 2.05) is 48.5 Å². The molecular weight excluding hydrogens is 288 g/mol. The standard InChI is InChI=1S/C18H18N4O/c19-8-5-11-23-14-12-17(15-6-1-3-9-20-15)22-18(13-14)16-7-2-4-10-21-16/h1-4,6-7,9-10,12-13H,5,8,11,19H2. The minimum absolute atomic E-state index is 0.573. The first kappa shape index (κ1) is 15.1. The molecule has 0 saturated heterocycles. The molecule has 0 saturated carbocycles. The first-order valence-corrected chi connectivity index (χ1v) is 7.54. The van der Waals surface area contributed by atoms with Gasteiger partial charge in [0.25, 0.3) is 0 Å². The Balaban J connectivity index is 2.00. The number of hydrogen-bond acceptors (Lipinski definition) is 5. The zero-order chi connectivity index (χ0) is 15.9. The predicted octanol–water partition coefficient (Wildman–Crippen LogP) is 2.93. The van der Waals surface area contributed by atoms with E-state index in [-0.39, 0.29) is 0 Å². The quantitative estimate of drug-likeness (QED) is 0.709. The van der Waals surface area contributed by atoms with Crippen LogP contribution in [-0.4, -0.2) is 28.1 Å². The highest BCUT2D eigenvalue weighted by atomic mass is 16.5. The number of rotatable bonds is 6. The van der Waals surface area contributed by atoms with Gasteiger partial charge >= 0.3 is 0 Å². The molecule has 0 atom stereocenters. The van der Waals surface area contributed by atoms with Crippen molar-refractivity contribution in [3.8, 4) is 28.5 Å². The van der Waals surface area contributed by atoms with Crippen LogP contribution in [0.25, 0.3) is 22.8 Å². The van der Waals surface area contributed by atoms with Crippen LogP contribution < -0.4 is 10.5 Å². The van der Waals surface area contributed by atoms with Gasteiger partial charge in [0, 0.05) is 24.5 Å². The smallest absolute Gasteiger partial charge is 0.123 e. The summed E-state index contributed by atoms with van der Waals surface area (Å²) in [6, 6.07) is 15.3. The molecule has 0 amide bonds. The Morgan fingerprint density at radius 2 is 1.43 bits per heavy atom. The average Bonchev–Trinajstić information content (AvgIpc) is 2.63. The van der Waals surface area contributed by atoms with Crippen LogP contribution in [0.2, 0.25) is 0 Å². The Labute approximate surface area is 135 Å². The van der Waals surface area contributed by atoms with E-state index in [4.69, 9.17) is 10.5 Å². The fourth-order valence-corrected chi connectivity index (χ4v) is 2.15. The van der Waals surface area contributed by atoms with Crippen LogP contribution in [-0.2, 0) is 0 Å². The Morgan fingerprint density at radius 3 is 1.91 bits per heavy atom. The van der Waals surface area contributed by atoms with Crippen LogP contribution in [0.1, 0.15) is 6.42 Å². The topological polar surface area (TPSA) is 73.9 Å². The zero-order valence-corrected chi connectivity index (χ0v) is 12.7. The van der Waals surface area contributed by atoms with E-state index in [0.717, 1.165) is 34.9 Å². The fraction of sp³-hybridized carbons (Fsp3) is 0.167. The van der Waals surface area contributed by atoms with Crippen LogP contribution in [0.4, 0.5) is 0 Å². The number of aromatic nitrogens is 3. The first-order chi connectivity index (χ1) is 11.4. The molecular formula is C18H18N4O. The molecule has 2 N–H and O–H groups in total. The van der Waals surface area contributed by atoms with Gasteiger partial charge in [-0.1, -0.05) is 12.1 Å². The van der Waals surface area contributed by atoms with E-state index in [0.29, 0.717) is 13.2 Å². The summed E-state index contributed by atoms with van der Waals surface area (Å²) in [5, 5.41) is 0. The lowest BCUT2D eigenvalue weighted by Crippen LogP contribution is -2.06. The summed E-state index contributed by atoms with van der Waals surface area (Å²) in [7, 11) is 0. The molecule has 5 heteroatoms. The molecule has 3 rings (SSSR count). The number of pyridine rings is 3. The summed E-state index contributed by atoms with van der Waals surface area (Å²) in [4.78, 5) is 13.4. The highest BCUT2D eigenvalue weighted by molar-refractivity contribution is 5.64. The SMILES string of the molecule is NCCCOc1cc(-c2ccccn2)nc(-c2ccccn2)c1. The van der Waals surface area contributed by atoms with E-state index >= 15 is 0 Å². The van der Waals surface area contributed by atoms with Crippen molar-refractivity contribution in [2.75, 3.05) is 13.2 Å². The lowest BCUT2D eigenvalue weighted by atomic mass is 10.2. The second kappa shape index (κ2) is 7.47. The number of nitrogens with zero attached hydrogens (tertiary/aromatic N) is 3. The van der Waals surface area contributed by atoms with Crippen molar-refractivity contribution in [1.82, 2.24) is 15.0 Å². The molecule has 0 fully saturated rings. The minimum Gasteiger partial charge on any atom is -0.493 e. The third kappa shape index (κ3) is 3.90. The van der Waals surface area contributed by atoms with Crippen molar-refractivity contribution in [1.29, 1.82) is 0 Å². The first-order valence-electron chi connectivity index (χ1n) is 7.54. The van der Waals surface area contributed by atoms with Crippen molar-refractivity contribution in [3.63, 3.8) is 0 Å². The molecule has 23 heavy (non-hydrogen) atoms. The summed E-state index contributed by atoms with van der Waals surface area (Å²) < 4.78 is 5.80. The highest BCUT2D eigenvalue weighted by Gasteiger charge is 2.09. The minimum atomic E-state index is 0.573. The van der Waals surface area contributed by atoms with Crippen molar-refractivity contribution in [3.05, 3.63) is 60.9 Å². The lowest BCUT2D eigenvalue weighted by Gasteiger charge is -2.10. The van der Waals surface area contributed by atoms with Crippen molar-refractivity contribution >= 4 is 0 Å². The van der Waals surface area contributed by atoms with Crippen molar-refractivity contribution in [2.45, 2.75) is 6.42 Å². The maximum Gasteiger partial charge on any atom is 0.123 e. The monoisotopic (exact) mass is 306 g/mol. The Hall–Kier alpha value is -2.79. The maximum atomic E-state index is 5.80. The summed E-state index contributed by atoms with van der Waals surface area (Å²) in [6.07, 6.45) is 4.30. The van der Waals surface area contributed by atoms with Crippen LogP contribution in [0.15, 0.2) is 60.9 Å². The summed E-state index contributed by atoms with van der Waals surface area (Å²) in [6.45, 7) is 1.18. The summed E-state index contributed by atoms with van der Waals surface area (Å²) in [5.41, 5.74) is 8.64. The van der Waals surface area contributed by atoms with Crippen LogP contribution in [0.3, 0.4) is 0 Å². The van der Waals surface area contributed by atoms with Crippen LogP contribution in [0, 0.1) is 0 Å². The van der Waals surface area contributed by atoms with Crippen LogP contribution >= 0.6 is 0 Å². The molecule has 3 aromatic rings. The second-order valence-electron chi connectivity index (χ2n) is 4.99. The van der Waals surface area contributed by atoms with Crippen LogP contribution in [0.5, 0.6) is 5.75 Å². The molecule has 5 nitrogen and oxygen atoms in total. The molecule has 0 aliphatic rings. The molecule has 0 bridgehead atoms. The normalized spacial score (nSPS) is 10.5. The lowest BCUT2D eigenvalue weighted by molar-refractivity contribution is 0.313. The van der Waals surface area contributed by atoms with Gasteiger partial charge in [-0.15, -0.1) is 0 Å². The van der Waals surface area contributed by atoms with Gasteiger partial charge < -0.3 is 10.5 Å². The number of ether oxygens (including phenoxy) is 1. The molecule has 0 aromatic carbocycles. The summed E-state index contributed by atoms with van der Waals surface area (Å²) in [5.74, 6) is 0.745. The third-order valence-corrected chi connectivity index (χ3v) is 3.27. The van der Waals surface area contributed by atoms with Gasteiger partial charge in [-0.3, -0.25) is 9.97 Å². The average molecular weight is 306 g/mol. The molecule has 3 heterocycles. The number of nitrogens with two attached hydrogens (primary N) is 1. The Morgan fingerprint density at radius 1 is 0.826 bits per heavy atom. The predicted molar refractivity (Wildman–Crippen MR) is 89.9 cm³/mol. The molecule has 0 radical (unpaired) electrons. The van der Waals surface area contributed by atoms with E-state index in [1.165, 1.54) is 0 Å².